The van der Waals surface area contributed by atoms with Gasteiger partial charge in [0, 0.05) is 19.3 Å². The van der Waals surface area contributed by atoms with Gasteiger partial charge in [0.1, 0.15) is 0 Å². The van der Waals surface area contributed by atoms with E-state index in [1.807, 2.05) is 30.3 Å². The quantitative estimate of drug-likeness (QED) is 0.907. The molecule has 1 aliphatic heterocycles. The first-order valence-electron chi connectivity index (χ1n) is 7.75. The first-order chi connectivity index (χ1) is 10.7. The van der Waals surface area contributed by atoms with Gasteiger partial charge in [-0.1, -0.05) is 25.1 Å². The number of benzene rings is 1. The van der Waals surface area contributed by atoms with Gasteiger partial charge in [-0.25, -0.2) is 4.68 Å². The van der Waals surface area contributed by atoms with Crippen LogP contribution in [-0.2, 0) is 0 Å². The van der Waals surface area contributed by atoms with E-state index in [1.165, 1.54) is 0 Å². The summed E-state index contributed by atoms with van der Waals surface area (Å²) in [5, 5.41) is 10.7. The average molecular weight is 298 g/mol. The van der Waals surface area contributed by atoms with E-state index < -0.39 is 0 Å². The summed E-state index contributed by atoms with van der Waals surface area (Å²) in [6.07, 6.45) is 5.69. The van der Waals surface area contributed by atoms with Crippen LogP contribution in [0.2, 0.25) is 0 Å². The van der Waals surface area contributed by atoms with Crippen LogP contribution in [0.4, 0.5) is 0 Å². The second-order valence-electron chi connectivity index (χ2n) is 6.28. The Bertz CT molecular complexity index is 629. The van der Waals surface area contributed by atoms with Gasteiger partial charge in [-0.3, -0.25) is 4.79 Å². The molecule has 2 heterocycles. The van der Waals surface area contributed by atoms with Gasteiger partial charge in [-0.2, -0.15) is 5.10 Å². The lowest BCUT2D eigenvalue weighted by Crippen LogP contribution is -2.45. The Morgan fingerprint density at radius 2 is 2.23 bits per heavy atom. The first kappa shape index (κ1) is 14.8. The fourth-order valence-corrected chi connectivity index (χ4v) is 2.83. The maximum absolute atomic E-state index is 12.3. The Hall–Kier alpha value is -2.14. The molecule has 116 valence electrons. The lowest BCUT2D eigenvalue weighted by atomic mass is 9.83. The summed E-state index contributed by atoms with van der Waals surface area (Å²) in [6.45, 7) is 4.94. The molecular weight excluding hydrogens is 276 g/mol. The summed E-state index contributed by atoms with van der Waals surface area (Å²) in [5.41, 5.74) is 1.68. The standard InChI is InChI=1S/C17H22N4O/c1-17(8-5-9-18-12-17)13-19-16(22)14-10-20-21(11-14)15-6-3-2-4-7-15/h2-4,6-7,10-11,18H,5,8-9,12-13H2,1H3,(H,19,22). The number of nitrogens with one attached hydrogen (secondary N) is 2. The normalized spacial score (nSPS) is 21.5. The molecule has 1 fully saturated rings. The summed E-state index contributed by atoms with van der Waals surface area (Å²) in [5.74, 6) is -0.0611. The molecule has 22 heavy (non-hydrogen) atoms. The number of hydrogen-bond acceptors (Lipinski definition) is 3. The highest BCUT2D eigenvalue weighted by molar-refractivity contribution is 5.93. The van der Waals surface area contributed by atoms with Crippen molar-refractivity contribution in [1.82, 2.24) is 20.4 Å². The molecule has 0 saturated carbocycles. The van der Waals surface area contributed by atoms with Crippen molar-refractivity contribution in [1.29, 1.82) is 0 Å². The summed E-state index contributed by atoms with van der Waals surface area (Å²) >= 11 is 0. The Morgan fingerprint density at radius 3 is 2.95 bits per heavy atom. The van der Waals surface area contributed by atoms with Crippen molar-refractivity contribution in [2.75, 3.05) is 19.6 Å². The fourth-order valence-electron chi connectivity index (χ4n) is 2.83. The zero-order valence-corrected chi connectivity index (χ0v) is 12.9. The highest BCUT2D eigenvalue weighted by Gasteiger charge is 2.27. The van der Waals surface area contributed by atoms with Gasteiger partial charge in [0.2, 0.25) is 0 Å². The zero-order chi connectivity index (χ0) is 15.4. The number of rotatable bonds is 4. The predicted molar refractivity (Wildman–Crippen MR) is 86.1 cm³/mol. The molecule has 0 spiro atoms. The maximum atomic E-state index is 12.3. The van der Waals surface area contributed by atoms with Crippen molar-refractivity contribution in [3.05, 3.63) is 48.3 Å². The topological polar surface area (TPSA) is 59.0 Å². The Balaban J connectivity index is 1.62. The van der Waals surface area contributed by atoms with Crippen molar-refractivity contribution in [2.24, 2.45) is 5.41 Å². The van der Waals surface area contributed by atoms with Gasteiger partial charge in [0.15, 0.2) is 0 Å². The van der Waals surface area contributed by atoms with Crippen LogP contribution in [0.25, 0.3) is 5.69 Å². The van der Waals surface area contributed by atoms with Crippen LogP contribution in [-0.4, -0.2) is 35.3 Å². The van der Waals surface area contributed by atoms with Gasteiger partial charge in [0.05, 0.1) is 17.4 Å². The third kappa shape index (κ3) is 3.36. The third-order valence-corrected chi connectivity index (χ3v) is 4.23. The van der Waals surface area contributed by atoms with E-state index in [0.717, 1.165) is 31.6 Å². The highest BCUT2D eigenvalue weighted by atomic mass is 16.1. The maximum Gasteiger partial charge on any atom is 0.254 e. The van der Waals surface area contributed by atoms with Crippen LogP contribution in [0, 0.1) is 5.41 Å². The second-order valence-corrected chi connectivity index (χ2v) is 6.28. The lowest BCUT2D eigenvalue weighted by Gasteiger charge is -2.34. The van der Waals surface area contributed by atoms with Gasteiger partial charge >= 0.3 is 0 Å². The lowest BCUT2D eigenvalue weighted by molar-refractivity contribution is 0.0924. The molecule has 1 amide bonds. The molecule has 2 N–H and O–H groups in total. The van der Waals surface area contributed by atoms with E-state index >= 15 is 0 Å². The van der Waals surface area contributed by atoms with E-state index in [9.17, 15) is 4.79 Å². The molecule has 1 aromatic carbocycles. The number of aromatic nitrogens is 2. The smallest absolute Gasteiger partial charge is 0.254 e. The molecule has 1 aliphatic rings. The third-order valence-electron chi connectivity index (χ3n) is 4.23. The van der Waals surface area contributed by atoms with Crippen LogP contribution in [0.1, 0.15) is 30.1 Å². The number of amides is 1. The van der Waals surface area contributed by atoms with Gasteiger partial charge in [-0.15, -0.1) is 0 Å². The molecular formula is C17H22N4O. The first-order valence-corrected chi connectivity index (χ1v) is 7.75. The molecule has 5 heteroatoms. The van der Waals surface area contributed by atoms with Crippen LogP contribution in [0.15, 0.2) is 42.7 Å². The molecule has 0 aliphatic carbocycles. The summed E-state index contributed by atoms with van der Waals surface area (Å²) in [7, 11) is 0. The predicted octanol–water partition coefficient (Wildman–Crippen LogP) is 1.99. The van der Waals surface area contributed by atoms with Crippen LogP contribution in [0.5, 0.6) is 0 Å². The summed E-state index contributed by atoms with van der Waals surface area (Å²) in [4.78, 5) is 12.3. The van der Waals surface area contributed by atoms with Crippen molar-refractivity contribution >= 4 is 5.91 Å². The largest absolute Gasteiger partial charge is 0.351 e. The molecule has 1 saturated heterocycles. The molecule has 5 nitrogen and oxygen atoms in total. The van der Waals surface area contributed by atoms with Gasteiger partial charge < -0.3 is 10.6 Å². The number of hydrogen-bond donors (Lipinski definition) is 2. The molecule has 2 aromatic rings. The van der Waals surface area contributed by atoms with E-state index in [2.05, 4.69) is 22.7 Å². The minimum absolute atomic E-state index is 0.0611. The minimum atomic E-state index is -0.0611. The summed E-state index contributed by atoms with van der Waals surface area (Å²) < 4.78 is 1.72. The second kappa shape index (κ2) is 6.32. The number of para-hydroxylation sites is 1. The molecule has 1 unspecified atom stereocenters. The SMILES string of the molecule is CC1(CNC(=O)c2cnn(-c3ccccc3)c2)CCCNC1. The van der Waals surface area contributed by atoms with Crippen LogP contribution < -0.4 is 10.6 Å². The fraction of sp³-hybridized carbons (Fsp3) is 0.412. The Labute approximate surface area is 130 Å². The monoisotopic (exact) mass is 298 g/mol. The number of piperidine rings is 1. The summed E-state index contributed by atoms with van der Waals surface area (Å²) in [6, 6.07) is 9.79. The minimum Gasteiger partial charge on any atom is -0.351 e. The molecule has 1 atom stereocenters. The molecule has 1 aromatic heterocycles. The molecule has 3 rings (SSSR count). The van der Waals surface area contributed by atoms with Crippen molar-refractivity contribution in [2.45, 2.75) is 19.8 Å². The van der Waals surface area contributed by atoms with Crippen molar-refractivity contribution in [3.63, 3.8) is 0 Å². The van der Waals surface area contributed by atoms with E-state index in [-0.39, 0.29) is 11.3 Å². The van der Waals surface area contributed by atoms with Gasteiger partial charge in [0.25, 0.3) is 5.91 Å². The molecule has 0 bridgehead atoms. The average Bonchev–Trinajstić information content (AvgIpc) is 3.04. The van der Waals surface area contributed by atoms with Crippen LogP contribution >= 0.6 is 0 Å². The number of carbonyl (C=O) groups is 1. The van der Waals surface area contributed by atoms with E-state index in [4.69, 9.17) is 0 Å². The Kier molecular flexibility index (Phi) is 4.24. The van der Waals surface area contributed by atoms with Gasteiger partial charge in [-0.05, 0) is 36.9 Å². The van der Waals surface area contributed by atoms with Crippen LogP contribution in [0.3, 0.4) is 0 Å². The van der Waals surface area contributed by atoms with Crippen molar-refractivity contribution < 1.29 is 4.79 Å². The Morgan fingerprint density at radius 1 is 1.41 bits per heavy atom. The highest BCUT2D eigenvalue weighted by Crippen LogP contribution is 2.24. The number of nitrogens with zero attached hydrogens (tertiary/aromatic N) is 2. The van der Waals surface area contributed by atoms with E-state index in [1.54, 1.807) is 17.1 Å². The van der Waals surface area contributed by atoms with Crippen molar-refractivity contribution in [3.8, 4) is 5.69 Å². The molecule has 0 radical (unpaired) electrons. The zero-order valence-electron chi connectivity index (χ0n) is 12.9. The van der Waals surface area contributed by atoms with E-state index in [0.29, 0.717) is 12.1 Å². The number of carbonyl (C=O) groups excluding carboxylic acids is 1.